The van der Waals surface area contributed by atoms with Crippen LogP contribution in [0.5, 0.6) is 5.75 Å². The quantitative estimate of drug-likeness (QED) is 0.430. The second-order valence-corrected chi connectivity index (χ2v) is 5.76. The number of hydrazine groups is 1. The Labute approximate surface area is 130 Å². The first-order chi connectivity index (χ1) is 10.2. The minimum Gasteiger partial charge on any atom is -0.497 e. The van der Waals surface area contributed by atoms with E-state index in [1.54, 1.807) is 40.0 Å². The van der Waals surface area contributed by atoms with E-state index in [0.29, 0.717) is 5.75 Å². The monoisotopic (exact) mass is 309 g/mol. The molecule has 0 fully saturated rings. The molecule has 7 nitrogen and oxygen atoms in total. The molecule has 1 rings (SSSR count). The number of hydrogen-bond acceptors (Lipinski definition) is 5. The molecule has 0 unspecified atom stereocenters. The first kappa shape index (κ1) is 17.8. The van der Waals surface area contributed by atoms with Gasteiger partial charge in [0, 0.05) is 6.42 Å². The number of nitrogens with two attached hydrogens (primary N) is 1. The lowest BCUT2D eigenvalue weighted by atomic mass is 10.1. The zero-order valence-electron chi connectivity index (χ0n) is 13.3. The molecule has 22 heavy (non-hydrogen) atoms. The first-order valence-electron chi connectivity index (χ1n) is 6.88. The Hall–Kier alpha value is -2.28. The van der Waals surface area contributed by atoms with Crippen molar-refractivity contribution in [2.45, 2.75) is 38.8 Å². The molecule has 0 radical (unpaired) electrons. The fourth-order valence-corrected chi connectivity index (χ4v) is 1.76. The summed E-state index contributed by atoms with van der Waals surface area (Å²) in [4.78, 5) is 23.6. The number of benzene rings is 1. The van der Waals surface area contributed by atoms with Crippen molar-refractivity contribution >= 4 is 12.0 Å². The van der Waals surface area contributed by atoms with Gasteiger partial charge in [0.2, 0.25) is 0 Å². The average Bonchev–Trinajstić information content (AvgIpc) is 2.44. The summed E-state index contributed by atoms with van der Waals surface area (Å²) in [5.74, 6) is 5.38. The number of carbonyl (C=O) groups is 2. The second kappa shape index (κ2) is 7.65. The van der Waals surface area contributed by atoms with Gasteiger partial charge in [0.25, 0.3) is 5.91 Å². The molecule has 0 spiro atoms. The molecule has 0 aliphatic rings. The lowest BCUT2D eigenvalue weighted by Gasteiger charge is -2.23. The van der Waals surface area contributed by atoms with E-state index in [4.69, 9.17) is 15.3 Å². The lowest BCUT2D eigenvalue weighted by Crippen LogP contribution is -2.51. The Morgan fingerprint density at radius 3 is 2.27 bits per heavy atom. The third kappa shape index (κ3) is 6.01. The number of rotatable bonds is 5. The predicted molar refractivity (Wildman–Crippen MR) is 82.2 cm³/mol. The smallest absolute Gasteiger partial charge is 0.408 e. The maximum Gasteiger partial charge on any atom is 0.408 e. The minimum atomic E-state index is -0.826. The number of amides is 2. The molecule has 0 saturated heterocycles. The van der Waals surface area contributed by atoms with E-state index in [-0.39, 0.29) is 6.42 Å². The number of hydrogen-bond donors (Lipinski definition) is 3. The van der Waals surface area contributed by atoms with E-state index in [1.807, 2.05) is 17.6 Å². The number of nitrogens with one attached hydrogen (secondary N) is 2. The Bertz CT molecular complexity index is 509. The predicted octanol–water partition coefficient (Wildman–Crippen LogP) is 1.12. The van der Waals surface area contributed by atoms with Gasteiger partial charge in [-0.15, -0.1) is 0 Å². The van der Waals surface area contributed by atoms with Crippen molar-refractivity contribution in [1.82, 2.24) is 10.7 Å². The van der Waals surface area contributed by atoms with E-state index in [0.717, 1.165) is 5.56 Å². The van der Waals surface area contributed by atoms with Gasteiger partial charge in [0.15, 0.2) is 0 Å². The van der Waals surface area contributed by atoms with Crippen molar-refractivity contribution in [2.75, 3.05) is 7.11 Å². The van der Waals surface area contributed by atoms with Crippen LogP contribution in [-0.2, 0) is 16.0 Å². The van der Waals surface area contributed by atoms with Gasteiger partial charge in [-0.3, -0.25) is 10.2 Å². The minimum absolute atomic E-state index is 0.284. The Balaban J connectivity index is 2.75. The topological polar surface area (TPSA) is 103 Å². The fourth-order valence-electron chi connectivity index (χ4n) is 1.76. The molecule has 0 heterocycles. The molecule has 1 atom stereocenters. The summed E-state index contributed by atoms with van der Waals surface area (Å²) in [6, 6.07) is 6.35. The molecular formula is C15H23N3O4. The highest BCUT2D eigenvalue weighted by Crippen LogP contribution is 2.13. The first-order valence-corrected chi connectivity index (χ1v) is 6.88. The zero-order valence-corrected chi connectivity index (χ0v) is 13.3. The summed E-state index contributed by atoms with van der Waals surface area (Å²) in [6.45, 7) is 5.23. The fraction of sp³-hybridized carbons (Fsp3) is 0.467. The lowest BCUT2D eigenvalue weighted by molar-refractivity contribution is -0.123. The van der Waals surface area contributed by atoms with Crippen LogP contribution in [0, 0.1) is 0 Å². The highest BCUT2D eigenvalue weighted by atomic mass is 16.6. The van der Waals surface area contributed by atoms with Crippen molar-refractivity contribution in [1.29, 1.82) is 0 Å². The summed E-state index contributed by atoms with van der Waals surface area (Å²) >= 11 is 0. The Morgan fingerprint density at radius 2 is 1.82 bits per heavy atom. The molecular weight excluding hydrogens is 286 g/mol. The van der Waals surface area contributed by atoms with Crippen LogP contribution in [0.15, 0.2) is 24.3 Å². The van der Waals surface area contributed by atoms with Crippen molar-refractivity contribution in [2.24, 2.45) is 5.84 Å². The highest BCUT2D eigenvalue weighted by Gasteiger charge is 2.24. The molecule has 7 heteroatoms. The third-order valence-electron chi connectivity index (χ3n) is 2.75. The SMILES string of the molecule is COc1ccc(C[C@H](NC(=O)OC(C)(C)C)C(=O)NN)cc1. The van der Waals surface area contributed by atoms with Crippen LogP contribution in [-0.4, -0.2) is 30.8 Å². The van der Waals surface area contributed by atoms with Gasteiger partial charge in [-0.1, -0.05) is 12.1 Å². The molecule has 0 aromatic heterocycles. The maximum atomic E-state index is 11.8. The number of ether oxygens (including phenoxy) is 2. The third-order valence-corrected chi connectivity index (χ3v) is 2.75. The Morgan fingerprint density at radius 1 is 1.23 bits per heavy atom. The van der Waals surface area contributed by atoms with Gasteiger partial charge in [-0.2, -0.15) is 0 Å². The summed E-state index contributed by atoms with van der Waals surface area (Å²) in [6.07, 6.45) is -0.388. The van der Waals surface area contributed by atoms with E-state index >= 15 is 0 Å². The van der Waals surface area contributed by atoms with Crippen LogP contribution in [0.25, 0.3) is 0 Å². The van der Waals surface area contributed by atoms with Crippen LogP contribution < -0.4 is 21.3 Å². The summed E-state index contributed by atoms with van der Waals surface area (Å²) < 4.78 is 10.2. The zero-order chi connectivity index (χ0) is 16.8. The molecule has 122 valence electrons. The van der Waals surface area contributed by atoms with Gasteiger partial charge < -0.3 is 14.8 Å². The Kier molecular flexibility index (Phi) is 6.18. The molecule has 0 saturated carbocycles. The van der Waals surface area contributed by atoms with Gasteiger partial charge in [0.05, 0.1) is 7.11 Å². The number of methoxy groups -OCH3 is 1. The van der Waals surface area contributed by atoms with Crippen molar-refractivity contribution in [3.63, 3.8) is 0 Å². The van der Waals surface area contributed by atoms with Gasteiger partial charge >= 0.3 is 6.09 Å². The number of carbonyl (C=O) groups excluding carboxylic acids is 2. The van der Waals surface area contributed by atoms with Gasteiger partial charge in [-0.25, -0.2) is 10.6 Å². The molecule has 2 amide bonds. The molecule has 4 N–H and O–H groups in total. The van der Waals surface area contributed by atoms with Crippen LogP contribution in [0.2, 0.25) is 0 Å². The maximum absolute atomic E-state index is 11.8. The highest BCUT2D eigenvalue weighted by molar-refractivity contribution is 5.85. The van der Waals surface area contributed by atoms with Crippen molar-refractivity contribution < 1.29 is 19.1 Å². The normalized spacial score (nSPS) is 12.2. The van der Waals surface area contributed by atoms with Crippen LogP contribution in [0.3, 0.4) is 0 Å². The molecule has 0 bridgehead atoms. The molecule has 1 aromatic carbocycles. The van der Waals surface area contributed by atoms with Crippen LogP contribution in [0.1, 0.15) is 26.3 Å². The average molecular weight is 309 g/mol. The molecule has 0 aliphatic carbocycles. The van der Waals surface area contributed by atoms with E-state index in [9.17, 15) is 9.59 Å². The summed E-state index contributed by atoms with van der Waals surface area (Å²) in [7, 11) is 1.57. The van der Waals surface area contributed by atoms with E-state index < -0.39 is 23.6 Å². The van der Waals surface area contributed by atoms with Crippen LogP contribution >= 0.6 is 0 Å². The van der Waals surface area contributed by atoms with E-state index in [2.05, 4.69) is 5.32 Å². The summed E-state index contributed by atoms with van der Waals surface area (Å²) in [5.41, 5.74) is 2.25. The molecule has 0 aliphatic heterocycles. The summed E-state index contributed by atoms with van der Waals surface area (Å²) in [5, 5.41) is 2.52. The van der Waals surface area contributed by atoms with E-state index in [1.165, 1.54) is 0 Å². The van der Waals surface area contributed by atoms with Crippen molar-refractivity contribution in [3.8, 4) is 5.75 Å². The second-order valence-electron chi connectivity index (χ2n) is 5.76. The van der Waals surface area contributed by atoms with Crippen LogP contribution in [0.4, 0.5) is 4.79 Å². The van der Waals surface area contributed by atoms with Gasteiger partial charge in [0.1, 0.15) is 17.4 Å². The number of alkyl carbamates (subject to hydrolysis) is 1. The van der Waals surface area contributed by atoms with Gasteiger partial charge in [-0.05, 0) is 38.5 Å². The largest absolute Gasteiger partial charge is 0.497 e. The molecule has 1 aromatic rings. The van der Waals surface area contributed by atoms with Crippen molar-refractivity contribution in [3.05, 3.63) is 29.8 Å². The standard InChI is InChI=1S/C15H23N3O4/c1-15(2,3)22-14(20)17-12(13(19)18-16)9-10-5-7-11(21-4)8-6-10/h5-8,12H,9,16H2,1-4H3,(H,17,20)(H,18,19)/t12-/m0/s1.